The van der Waals surface area contributed by atoms with Crippen LogP contribution < -0.4 is 9.62 Å². The largest absolute Gasteiger partial charge is 0.380 e. The van der Waals surface area contributed by atoms with E-state index in [0.717, 1.165) is 5.56 Å². The average Bonchev–Trinajstić information content (AvgIpc) is 2.93. The van der Waals surface area contributed by atoms with Gasteiger partial charge in [-0.05, 0) is 30.2 Å². The van der Waals surface area contributed by atoms with Gasteiger partial charge in [0.15, 0.2) is 0 Å². The van der Waals surface area contributed by atoms with Gasteiger partial charge in [-0.15, -0.1) is 0 Å². The average molecular weight is 382 g/mol. The van der Waals surface area contributed by atoms with Gasteiger partial charge in [-0.1, -0.05) is 23.7 Å². The van der Waals surface area contributed by atoms with E-state index >= 15 is 0 Å². The monoisotopic (exact) mass is 381 g/mol. The van der Waals surface area contributed by atoms with E-state index in [0.29, 0.717) is 30.9 Å². The third-order valence-electron chi connectivity index (χ3n) is 3.94. The molecule has 7 nitrogen and oxygen atoms in total. The number of anilines is 2. The van der Waals surface area contributed by atoms with Gasteiger partial charge in [0, 0.05) is 25.2 Å². The number of hydrogen-bond donors (Lipinski definition) is 1. The first-order valence-corrected chi connectivity index (χ1v) is 9.63. The van der Waals surface area contributed by atoms with Gasteiger partial charge in [0.25, 0.3) is 5.69 Å². The molecule has 0 unspecified atom stereocenters. The molecule has 0 aliphatic carbocycles. The van der Waals surface area contributed by atoms with Gasteiger partial charge in [0.05, 0.1) is 27.1 Å². The summed E-state index contributed by atoms with van der Waals surface area (Å²) >= 11 is 6.06. The van der Waals surface area contributed by atoms with Crippen molar-refractivity contribution in [3.05, 3.63) is 63.2 Å². The smallest absolute Gasteiger partial charge is 0.271 e. The second-order valence-electron chi connectivity index (χ2n) is 5.69. The van der Waals surface area contributed by atoms with E-state index in [1.54, 1.807) is 18.2 Å². The van der Waals surface area contributed by atoms with E-state index in [1.165, 1.54) is 16.4 Å². The lowest BCUT2D eigenvalue weighted by molar-refractivity contribution is -0.384. The fraction of sp³-hybridized carbons (Fsp3) is 0.250. The molecule has 2 aromatic carbocycles. The van der Waals surface area contributed by atoms with Gasteiger partial charge in [0.1, 0.15) is 0 Å². The zero-order valence-electron chi connectivity index (χ0n) is 13.2. The molecule has 25 heavy (non-hydrogen) atoms. The maximum absolute atomic E-state index is 12.0. The van der Waals surface area contributed by atoms with E-state index in [2.05, 4.69) is 5.32 Å². The number of nitrogens with zero attached hydrogens (tertiary/aromatic N) is 2. The van der Waals surface area contributed by atoms with Crippen molar-refractivity contribution < 1.29 is 13.3 Å². The molecule has 1 aliphatic rings. The number of hydrogen-bond acceptors (Lipinski definition) is 5. The minimum absolute atomic E-state index is 0.0724. The van der Waals surface area contributed by atoms with Gasteiger partial charge in [0.2, 0.25) is 10.0 Å². The molecule has 0 amide bonds. The highest BCUT2D eigenvalue weighted by molar-refractivity contribution is 7.93. The minimum atomic E-state index is -3.22. The van der Waals surface area contributed by atoms with Gasteiger partial charge in [-0.3, -0.25) is 14.4 Å². The molecule has 132 valence electrons. The van der Waals surface area contributed by atoms with Crippen LogP contribution >= 0.6 is 11.6 Å². The topological polar surface area (TPSA) is 92.6 Å². The van der Waals surface area contributed by atoms with E-state index < -0.39 is 14.9 Å². The zero-order chi connectivity index (χ0) is 18.0. The summed E-state index contributed by atoms with van der Waals surface area (Å²) in [5.74, 6) is 0.174. The van der Waals surface area contributed by atoms with Crippen LogP contribution in [0.4, 0.5) is 17.1 Å². The fourth-order valence-corrected chi connectivity index (χ4v) is 4.51. The Balaban J connectivity index is 1.74. The number of non-ortho nitro benzene ring substituents is 1. The second kappa shape index (κ2) is 6.89. The zero-order valence-corrected chi connectivity index (χ0v) is 14.8. The van der Waals surface area contributed by atoms with Gasteiger partial charge in [-0.25, -0.2) is 8.42 Å². The number of sulfonamides is 1. The molecule has 1 heterocycles. The van der Waals surface area contributed by atoms with Crippen molar-refractivity contribution in [1.29, 1.82) is 0 Å². The fourth-order valence-electron chi connectivity index (χ4n) is 2.71. The van der Waals surface area contributed by atoms with Gasteiger partial charge in [-0.2, -0.15) is 0 Å². The van der Waals surface area contributed by atoms with E-state index in [1.807, 2.05) is 12.1 Å². The molecule has 1 fully saturated rings. The number of nitro benzene ring substituents is 1. The molecule has 0 bridgehead atoms. The molecular formula is C16H16ClN3O4S. The normalized spacial score (nSPS) is 16.0. The molecule has 1 aliphatic heterocycles. The maximum atomic E-state index is 12.0. The molecule has 1 N–H and O–H groups in total. The molecule has 9 heteroatoms. The van der Waals surface area contributed by atoms with Crippen molar-refractivity contribution in [2.24, 2.45) is 0 Å². The Morgan fingerprint density at radius 1 is 1.24 bits per heavy atom. The van der Waals surface area contributed by atoms with Crippen molar-refractivity contribution in [3.8, 4) is 0 Å². The van der Waals surface area contributed by atoms with Crippen LogP contribution in [0.2, 0.25) is 5.02 Å². The predicted octanol–water partition coefficient (Wildman–Crippen LogP) is 3.40. The highest BCUT2D eigenvalue weighted by Gasteiger charge is 2.28. The first kappa shape index (κ1) is 17.5. The summed E-state index contributed by atoms with van der Waals surface area (Å²) in [6.07, 6.45) is 0.628. The summed E-state index contributed by atoms with van der Waals surface area (Å²) in [7, 11) is -3.22. The molecule has 0 radical (unpaired) electrons. The summed E-state index contributed by atoms with van der Waals surface area (Å²) in [5, 5.41) is 14.1. The van der Waals surface area contributed by atoms with Crippen LogP contribution in [0.1, 0.15) is 12.0 Å². The molecule has 0 aromatic heterocycles. The highest BCUT2D eigenvalue weighted by atomic mass is 35.5. The summed E-state index contributed by atoms with van der Waals surface area (Å²) in [6, 6.07) is 11.5. The lowest BCUT2D eigenvalue weighted by Crippen LogP contribution is -2.25. The van der Waals surface area contributed by atoms with Crippen LogP contribution in [0.15, 0.2) is 42.5 Å². The first-order chi connectivity index (χ1) is 11.9. The Morgan fingerprint density at radius 3 is 2.68 bits per heavy atom. The van der Waals surface area contributed by atoms with Crippen LogP contribution in [0.25, 0.3) is 0 Å². The van der Waals surface area contributed by atoms with Crippen LogP contribution in [-0.2, 0) is 16.6 Å². The predicted molar refractivity (Wildman–Crippen MR) is 97.6 cm³/mol. The van der Waals surface area contributed by atoms with Gasteiger partial charge < -0.3 is 5.32 Å². The number of nitrogens with one attached hydrogen (secondary N) is 1. The Labute approximate surface area is 150 Å². The third-order valence-corrected chi connectivity index (χ3v) is 6.13. The Morgan fingerprint density at radius 2 is 2.04 bits per heavy atom. The standard InChI is InChI=1S/C16H16ClN3O4S/c17-15-10-14(20(21)22)5-6-16(15)18-11-12-3-1-4-13(9-12)19-7-2-8-25(19,23)24/h1,3-6,9-10,18H,2,7-8,11H2. The van der Waals surface area contributed by atoms with E-state index in [4.69, 9.17) is 11.6 Å². The van der Waals surface area contributed by atoms with Crippen molar-refractivity contribution in [1.82, 2.24) is 0 Å². The number of rotatable bonds is 5. The lowest BCUT2D eigenvalue weighted by atomic mass is 10.2. The first-order valence-electron chi connectivity index (χ1n) is 7.64. The molecule has 0 atom stereocenters. The SMILES string of the molecule is O=[N+]([O-])c1ccc(NCc2cccc(N3CCCS3(=O)=O)c2)c(Cl)c1. The molecule has 0 saturated carbocycles. The Kier molecular flexibility index (Phi) is 4.82. The van der Waals surface area contributed by atoms with Crippen LogP contribution in [-0.4, -0.2) is 25.6 Å². The van der Waals surface area contributed by atoms with Crippen molar-refractivity contribution in [2.75, 3.05) is 21.9 Å². The lowest BCUT2D eigenvalue weighted by Gasteiger charge is -2.18. The maximum Gasteiger partial charge on any atom is 0.271 e. The highest BCUT2D eigenvalue weighted by Crippen LogP contribution is 2.28. The summed E-state index contributed by atoms with van der Waals surface area (Å²) in [4.78, 5) is 10.2. The van der Waals surface area contributed by atoms with Crippen LogP contribution in [0, 0.1) is 10.1 Å². The third kappa shape index (κ3) is 3.85. The summed E-state index contributed by atoms with van der Waals surface area (Å²) in [6.45, 7) is 0.909. The Bertz CT molecular complexity index is 917. The molecule has 0 spiro atoms. The van der Waals surface area contributed by atoms with Crippen LogP contribution in [0.5, 0.6) is 0 Å². The molecule has 3 rings (SSSR count). The quantitative estimate of drug-likeness (QED) is 0.633. The number of nitro groups is 1. The summed E-state index contributed by atoms with van der Waals surface area (Å²) in [5.41, 5.74) is 2.03. The van der Waals surface area contributed by atoms with Gasteiger partial charge >= 0.3 is 0 Å². The minimum Gasteiger partial charge on any atom is -0.380 e. The van der Waals surface area contributed by atoms with Crippen molar-refractivity contribution in [2.45, 2.75) is 13.0 Å². The van der Waals surface area contributed by atoms with E-state index in [-0.39, 0.29) is 16.5 Å². The van der Waals surface area contributed by atoms with E-state index in [9.17, 15) is 18.5 Å². The molecular weight excluding hydrogens is 366 g/mol. The molecule has 2 aromatic rings. The summed E-state index contributed by atoms with van der Waals surface area (Å²) < 4.78 is 25.5. The number of halogens is 1. The van der Waals surface area contributed by atoms with Crippen molar-refractivity contribution >= 4 is 38.7 Å². The Hall–Kier alpha value is -2.32. The number of benzene rings is 2. The molecule has 1 saturated heterocycles. The van der Waals surface area contributed by atoms with Crippen molar-refractivity contribution in [3.63, 3.8) is 0 Å². The van der Waals surface area contributed by atoms with Crippen LogP contribution in [0.3, 0.4) is 0 Å². The second-order valence-corrected chi connectivity index (χ2v) is 8.11.